The highest BCUT2D eigenvalue weighted by Crippen LogP contribution is 2.05. The van der Waals surface area contributed by atoms with Crippen molar-refractivity contribution in [2.45, 2.75) is 44.8 Å². The monoisotopic (exact) mass is 419 g/mol. The lowest BCUT2D eigenvalue weighted by molar-refractivity contribution is -0.139. The Labute approximate surface area is 167 Å². The zero-order chi connectivity index (χ0) is 21.9. The summed E-state index contributed by atoms with van der Waals surface area (Å²) >= 11 is 1.51. The zero-order valence-electron chi connectivity index (χ0n) is 16.2. The summed E-state index contributed by atoms with van der Waals surface area (Å²) in [6.07, 6.45) is 1.76. The summed E-state index contributed by atoms with van der Waals surface area (Å²) in [6.45, 7) is 2.68. The Morgan fingerprint density at radius 3 is 2.11 bits per heavy atom. The van der Waals surface area contributed by atoms with E-state index < -0.39 is 60.7 Å². The minimum absolute atomic E-state index is 0.379. The van der Waals surface area contributed by atoms with Gasteiger partial charge in [0.2, 0.25) is 23.6 Å². The molecule has 0 aliphatic rings. The summed E-state index contributed by atoms with van der Waals surface area (Å²) in [6, 6.07) is -3.24. The first kappa shape index (κ1) is 25.7. The summed E-state index contributed by atoms with van der Waals surface area (Å²) in [5.74, 6) is -3.92. The number of hydrogen-bond acceptors (Lipinski definition) is 7. The van der Waals surface area contributed by atoms with E-state index in [4.69, 9.17) is 16.6 Å². The number of carboxylic acid groups (broad SMARTS) is 1. The second kappa shape index (κ2) is 12.9. The Hall–Kier alpha value is -2.34. The SMILES string of the molecule is CSCCC(N)C(=O)NC(CC(N)=O)C(=O)NC(C(=O)NCC(=O)O)C(C)C. The highest BCUT2D eigenvalue weighted by Gasteiger charge is 2.30. The molecular weight excluding hydrogens is 390 g/mol. The Balaban J connectivity index is 5.14. The molecule has 11 nitrogen and oxygen atoms in total. The van der Waals surface area contributed by atoms with Gasteiger partial charge in [0.15, 0.2) is 0 Å². The number of primary amides is 1. The predicted molar refractivity (Wildman–Crippen MR) is 104 cm³/mol. The molecule has 160 valence electrons. The lowest BCUT2D eigenvalue weighted by Crippen LogP contribution is -2.58. The molecule has 28 heavy (non-hydrogen) atoms. The van der Waals surface area contributed by atoms with Crippen LogP contribution in [0.25, 0.3) is 0 Å². The van der Waals surface area contributed by atoms with Gasteiger partial charge in [-0.15, -0.1) is 0 Å². The molecule has 3 unspecified atom stereocenters. The summed E-state index contributed by atoms with van der Waals surface area (Å²) in [4.78, 5) is 58.7. The number of hydrogen-bond donors (Lipinski definition) is 6. The van der Waals surface area contributed by atoms with Gasteiger partial charge in [0.1, 0.15) is 18.6 Å². The summed E-state index contributed by atoms with van der Waals surface area (Å²) in [5.41, 5.74) is 10.9. The van der Waals surface area contributed by atoms with Crippen LogP contribution in [0.5, 0.6) is 0 Å². The maximum Gasteiger partial charge on any atom is 0.322 e. The molecule has 0 heterocycles. The second-order valence-corrected chi connectivity index (χ2v) is 7.45. The normalized spacial score (nSPS) is 13.9. The maximum atomic E-state index is 12.5. The third-order valence-electron chi connectivity index (χ3n) is 3.67. The summed E-state index contributed by atoms with van der Waals surface area (Å²) < 4.78 is 0. The van der Waals surface area contributed by atoms with E-state index in [-0.39, 0.29) is 5.92 Å². The van der Waals surface area contributed by atoms with E-state index in [0.717, 1.165) is 0 Å². The van der Waals surface area contributed by atoms with Crippen molar-refractivity contribution < 1.29 is 29.1 Å². The van der Waals surface area contributed by atoms with Crippen LogP contribution in [0.4, 0.5) is 0 Å². The Morgan fingerprint density at radius 1 is 1.04 bits per heavy atom. The molecule has 0 rings (SSSR count). The minimum Gasteiger partial charge on any atom is -0.480 e. The standard InChI is InChI=1S/C16H29N5O6S/c1-8(2)13(16(27)19-7-12(23)24)21-15(26)10(6-11(18)22)20-14(25)9(17)4-5-28-3/h8-10,13H,4-7,17H2,1-3H3,(H2,18,22)(H,19,27)(H,20,25)(H,21,26)(H,23,24). The first-order valence-electron chi connectivity index (χ1n) is 8.62. The van der Waals surface area contributed by atoms with Gasteiger partial charge in [-0.1, -0.05) is 13.8 Å². The van der Waals surface area contributed by atoms with E-state index >= 15 is 0 Å². The van der Waals surface area contributed by atoms with E-state index in [0.29, 0.717) is 12.2 Å². The van der Waals surface area contributed by atoms with Crippen LogP contribution >= 0.6 is 11.8 Å². The molecule has 4 amide bonds. The lowest BCUT2D eigenvalue weighted by atomic mass is 10.0. The van der Waals surface area contributed by atoms with Crippen molar-refractivity contribution >= 4 is 41.4 Å². The highest BCUT2D eigenvalue weighted by atomic mass is 32.2. The summed E-state index contributed by atoms with van der Waals surface area (Å²) in [5, 5.41) is 15.6. The van der Waals surface area contributed by atoms with Gasteiger partial charge < -0.3 is 32.5 Å². The number of thioether (sulfide) groups is 1. The molecule has 0 saturated carbocycles. The van der Waals surface area contributed by atoms with Gasteiger partial charge in [-0.2, -0.15) is 11.8 Å². The molecule has 8 N–H and O–H groups in total. The van der Waals surface area contributed by atoms with Gasteiger partial charge in [0.25, 0.3) is 0 Å². The number of aliphatic carboxylic acids is 1. The van der Waals surface area contributed by atoms with E-state index in [9.17, 15) is 24.0 Å². The molecular formula is C16H29N5O6S. The molecule has 0 fully saturated rings. The molecule has 0 bridgehead atoms. The van der Waals surface area contributed by atoms with Crippen LogP contribution in [-0.2, 0) is 24.0 Å². The van der Waals surface area contributed by atoms with Crippen LogP contribution in [0.2, 0.25) is 0 Å². The number of carbonyl (C=O) groups is 5. The number of carbonyl (C=O) groups excluding carboxylic acids is 4. The predicted octanol–water partition coefficient (Wildman–Crippen LogP) is -2.23. The maximum absolute atomic E-state index is 12.5. The third kappa shape index (κ3) is 10.1. The van der Waals surface area contributed by atoms with Crippen LogP contribution in [0.3, 0.4) is 0 Å². The van der Waals surface area contributed by atoms with Gasteiger partial charge in [-0.3, -0.25) is 24.0 Å². The largest absolute Gasteiger partial charge is 0.480 e. The first-order chi connectivity index (χ1) is 13.0. The molecule has 0 spiro atoms. The fourth-order valence-corrected chi connectivity index (χ4v) is 2.62. The van der Waals surface area contributed by atoms with Crippen molar-refractivity contribution in [3.05, 3.63) is 0 Å². The fourth-order valence-electron chi connectivity index (χ4n) is 2.13. The third-order valence-corrected chi connectivity index (χ3v) is 4.31. The van der Waals surface area contributed by atoms with Crippen molar-refractivity contribution in [2.75, 3.05) is 18.6 Å². The molecule has 3 atom stereocenters. The fraction of sp³-hybridized carbons (Fsp3) is 0.688. The van der Waals surface area contributed by atoms with Crippen LogP contribution in [0, 0.1) is 5.92 Å². The van der Waals surface area contributed by atoms with Crippen LogP contribution in [-0.4, -0.2) is 71.4 Å². The Morgan fingerprint density at radius 2 is 1.64 bits per heavy atom. The number of amides is 4. The average molecular weight is 420 g/mol. The number of nitrogens with one attached hydrogen (secondary N) is 3. The number of nitrogens with two attached hydrogens (primary N) is 2. The molecule has 0 aromatic rings. The first-order valence-corrected chi connectivity index (χ1v) is 10.0. The molecule has 0 aromatic heterocycles. The zero-order valence-corrected chi connectivity index (χ0v) is 17.0. The number of carboxylic acids is 1. The Kier molecular flexibility index (Phi) is 11.9. The molecule has 0 aliphatic carbocycles. The van der Waals surface area contributed by atoms with Gasteiger partial charge in [-0.05, 0) is 24.3 Å². The molecule has 0 radical (unpaired) electrons. The van der Waals surface area contributed by atoms with Crippen molar-refractivity contribution in [3.63, 3.8) is 0 Å². The second-order valence-electron chi connectivity index (χ2n) is 6.46. The van der Waals surface area contributed by atoms with Crippen molar-refractivity contribution in [3.8, 4) is 0 Å². The van der Waals surface area contributed by atoms with Crippen molar-refractivity contribution in [2.24, 2.45) is 17.4 Å². The smallest absolute Gasteiger partial charge is 0.322 e. The van der Waals surface area contributed by atoms with Gasteiger partial charge in [-0.25, -0.2) is 0 Å². The topological polar surface area (TPSA) is 194 Å². The quantitative estimate of drug-likeness (QED) is 0.193. The van der Waals surface area contributed by atoms with Gasteiger partial charge >= 0.3 is 5.97 Å². The van der Waals surface area contributed by atoms with Crippen LogP contribution in [0.15, 0.2) is 0 Å². The van der Waals surface area contributed by atoms with E-state index in [1.54, 1.807) is 13.8 Å². The molecule has 0 aliphatic heterocycles. The summed E-state index contributed by atoms with van der Waals surface area (Å²) in [7, 11) is 0. The van der Waals surface area contributed by atoms with Crippen LogP contribution < -0.4 is 27.4 Å². The van der Waals surface area contributed by atoms with E-state index in [1.807, 2.05) is 6.26 Å². The van der Waals surface area contributed by atoms with Gasteiger partial charge in [0, 0.05) is 0 Å². The highest BCUT2D eigenvalue weighted by molar-refractivity contribution is 7.98. The van der Waals surface area contributed by atoms with Crippen LogP contribution in [0.1, 0.15) is 26.7 Å². The van der Waals surface area contributed by atoms with Crippen molar-refractivity contribution in [1.82, 2.24) is 16.0 Å². The molecule has 0 saturated heterocycles. The molecule has 0 aromatic carbocycles. The van der Waals surface area contributed by atoms with Gasteiger partial charge in [0.05, 0.1) is 12.5 Å². The molecule has 12 heteroatoms. The average Bonchev–Trinajstić information content (AvgIpc) is 2.60. The van der Waals surface area contributed by atoms with E-state index in [2.05, 4.69) is 16.0 Å². The number of rotatable bonds is 13. The Bertz CT molecular complexity index is 586. The minimum atomic E-state index is -1.31. The van der Waals surface area contributed by atoms with E-state index in [1.165, 1.54) is 11.8 Å². The van der Waals surface area contributed by atoms with Crippen molar-refractivity contribution in [1.29, 1.82) is 0 Å². The lowest BCUT2D eigenvalue weighted by Gasteiger charge is -2.25.